The Morgan fingerprint density at radius 1 is 0.689 bits per heavy atom. The molecule has 244 valence electrons. The minimum atomic E-state index is -0.167. The van der Waals surface area contributed by atoms with E-state index in [1.54, 1.807) is 14.2 Å². The maximum atomic E-state index is 12.0. The summed E-state index contributed by atoms with van der Waals surface area (Å²) in [4.78, 5) is 12.0. The van der Waals surface area contributed by atoms with Crippen molar-refractivity contribution in [1.29, 1.82) is 0 Å². The highest BCUT2D eigenvalue weighted by Crippen LogP contribution is 2.55. The van der Waals surface area contributed by atoms with Gasteiger partial charge in [-0.25, -0.2) is 0 Å². The first-order valence-corrected chi connectivity index (χ1v) is 16.8. The quantitative estimate of drug-likeness (QED) is 0.111. The Balaban J connectivity index is 1.58. The Labute approximate surface area is 276 Å². The molecule has 3 aromatic carbocycles. The summed E-state index contributed by atoms with van der Waals surface area (Å²) < 4.78 is 29.1. The van der Waals surface area contributed by atoms with Crippen molar-refractivity contribution in [3.8, 4) is 28.0 Å². The van der Waals surface area contributed by atoms with E-state index in [9.17, 15) is 4.79 Å². The van der Waals surface area contributed by atoms with Crippen LogP contribution in [0.25, 0.3) is 22.3 Å². The van der Waals surface area contributed by atoms with Crippen LogP contribution in [0.5, 0.6) is 5.75 Å². The predicted molar refractivity (Wildman–Crippen MR) is 183 cm³/mol. The highest BCUT2D eigenvalue weighted by molar-refractivity contribution is 9.10. The van der Waals surface area contributed by atoms with Gasteiger partial charge >= 0.3 is 0 Å². The van der Waals surface area contributed by atoms with Crippen LogP contribution in [0.15, 0.2) is 65.1 Å². The van der Waals surface area contributed by atoms with Gasteiger partial charge in [0, 0.05) is 50.2 Å². The van der Waals surface area contributed by atoms with Gasteiger partial charge in [-0.1, -0.05) is 46.3 Å². The fourth-order valence-electron chi connectivity index (χ4n) is 6.20. The van der Waals surface area contributed by atoms with E-state index < -0.39 is 0 Å². The Morgan fingerprint density at radius 3 is 1.91 bits per heavy atom. The van der Waals surface area contributed by atoms with E-state index in [1.165, 1.54) is 27.8 Å². The lowest BCUT2D eigenvalue weighted by atomic mass is 9.71. The number of methoxy groups -OCH3 is 2. The standard InChI is InChI=1S/C37H48BrNO6/c1-41-22-24-43-19-4-16-37(17-5-20-44-25-23-42-2)35-26-29(9-13-33(35)34-14-10-30(38)27-36(34)37)28-7-11-32(12-8-28)45-21-15-31(40)6-3-18-39/h7-14,26-27H,3-6,15-25,39H2,1-2H3. The fourth-order valence-corrected chi connectivity index (χ4v) is 6.56. The summed E-state index contributed by atoms with van der Waals surface area (Å²) in [6, 6.07) is 21.7. The van der Waals surface area contributed by atoms with Crippen molar-refractivity contribution in [2.45, 2.75) is 50.4 Å². The summed E-state index contributed by atoms with van der Waals surface area (Å²) in [6.07, 6.45) is 5.45. The van der Waals surface area contributed by atoms with Gasteiger partial charge in [0.1, 0.15) is 11.5 Å². The first kappa shape index (κ1) is 35.3. The molecule has 0 heterocycles. The summed E-state index contributed by atoms with van der Waals surface area (Å²) in [5.41, 5.74) is 13.0. The Hall–Kier alpha value is -2.59. The molecule has 8 heteroatoms. The molecule has 1 aliphatic carbocycles. The lowest BCUT2D eigenvalue weighted by Gasteiger charge is -2.33. The normalized spacial score (nSPS) is 13.1. The third-order valence-corrected chi connectivity index (χ3v) is 8.96. The van der Waals surface area contributed by atoms with Gasteiger partial charge in [-0.05, 0) is 102 Å². The number of ketones is 1. The lowest BCUT2D eigenvalue weighted by Crippen LogP contribution is -2.27. The second-order valence-electron chi connectivity index (χ2n) is 11.5. The van der Waals surface area contributed by atoms with Gasteiger partial charge in [0.25, 0.3) is 0 Å². The molecule has 0 spiro atoms. The number of nitrogens with two attached hydrogens (primary N) is 1. The molecule has 0 fully saturated rings. The van der Waals surface area contributed by atoms with E-state index in [0.29, 0.717) is 65.6 Å². The second kappa shape index (κ2) is 18.5. The van der Waals surface area contributed by atoms with E-state index in [4.69, 9.17) is 29.4 Å². The van der Waals surface area contributed by atoms with Crippen LogP contribution in [-0.2, 0) is 29.2 Å². The number of fused-ring (bicyclic) bond motifs is 3. The summed E-state index contributed by atoms with van der Waals surface area (Å²) in [5, 5.41) is 0. The number of hydrogen-bond acceptors (Lipinski definition) is 7. The first-order valence-electron chi connectivity index (χ1n) is 16.1. The van der Waals surface area contributed by atoms with Crippen LogP contribution in [0.3, 0.4) is 0 Å². The average molecular weight is 683 g/mol. The van der Waals surface area contributed by atoms with Gasteiger partial charge in [-0.2, -0.15) is 0 Å². The van der Waals surface area contributed by atoms with Crippen molar-refractivity contribution >= 4 is 21.7 Å². The zero-order valence-corrected chi connectivity index (χ0v) is 28.4. The number of halogens is 1. The minimum Gasteiger partial charge on any atom is -0.493 e. The van der Waals surface area contributed by atoms with Crippen molar-refractivity contribution in [2.75, 3.05) is 67.0 Å². The number of carbonyl (C=O) groups is 1. The zero-order valence-electron chi connectivity index (χ0n) is 26.8. The van der Waals surface area contributed by atoms with Crippen LogP contribution in [0.1, 0.15) is 56.1 Å². The molecule has 0 aliphatic heterocycles. The van der Waals surface area contributed by atoms with Gasteiger partial charge in [0.15, 0.2) is 0 Å². The molecule has 0 saturated heterocycles. The van der Waals surface area contributed by atoms with Crippen molar-refractivity contribution < 1.29 is 28.5 Å². The molecule has 0 aromatic heterocycles. The predicted octanol–water partition coefficient (Wildman–Crippen LogP) is 7.35. The highest BCUT2D eigenvalue weighted by Gasteiger charge is 2.42. The van der Waals surface area contributed by atoms with Crippen LogP contribution < -0.4 is 10.5 Å². The molecule has 7 nitrogen and oxygen atoms in total. The number of rotatable bonds is 22. The molecule has 3 aromatic rings. The van der Waals surface area contributed by atoms with Crippen LogP contribution in [0.2, 0.25) is 0 Å². The van der Waals surface area contributed by atoms with E-state index >= 15 is 0 Å². The molecule has 4 rings (SSSR count). The number of benzene rings is 3. The minimum absolute atomic E-state index is 0.167. The van der Waals surface area contributed by atoms with Gasteiger partial charge in [-0.3, -0.25) is 4.79 Å². The summed E-state index contributed by atoms with van der Waals surface area (Å²) >= 11 is 3.76. The maximum Gasteiger partial charge on any atom is 0.136 e. The van der Waals surface area contributed by atoms with E-state index in [0.717, 1.165) is 47.9 Å². The Kier molecular flexibility index (Phi) is 14.5. The molecular formula is C37H48BrNO6. The van der Waals surface area contributed by atoms with Crippen molar-refractivity contribution in [1.82, 2.24) is 0 Å². The fraction of sp³-hybridized carbons (Fsp3) is 0.486. The summed E-state index contributed by atoms with van der Waals surface area (Å²) in [5.74, 6) is 0.954. The zero-order chi connectivity index (χ0) is 31.9. The molecule has 0 unspecified atom stereocenters. The number of carbonyl (C=O) groups excluding carboxylic acids is 1. The van der Waals surface area contributed by atoms with Gasteiger partial charge in [-0.15, -0.1) is 0 Å². The summed E-state index contributed by atoms with van der Waals surface area (Å²) in [6.45, 7) is 4.69. The SMILES string of the molecule is COCCOCCCC1(CCCOCCOC)c2cc(Br)ccc2-c2ccc(-c3ccc(OCCC(=O)CCCN)cc3)cc21. The third-order valence-electron chi connectivity index (χ3n) is 8.47. The molecule has 45 heavy (non-hydrogen) atoms. The molecular weight excluding hydrogens is 634 g/mol. The van der Waals surface area contributed by atoms with Crippen molar-refractivity contribution in [2.24, 2.45) is 5.73 Å². The first-order chi connectivity index (χ1) is 22.0. The average Bonchev–Trinajstić information content (AvgIpc) is 3.31. The number of hydrogen-bond donors (Lipinski definition) is 1. The maximum absolute atomic E-state index is 12.0. The monoisotopic (exact) mass is 681 g/mol. The van der Waals surface area contributed by atoms with Gasteiger partial charge in [0.05, 0.1) is 33.0 Å². The largest absolute Gasteiger partial charge is 0.493 e. The molecule has 0 atom stereocenters. The third kappa shape index (κ3) is 9.70. The molecule has 1 aliphatic rings. The molecule has 0 radical (unpaired) electrons. The van der Waals surface area contributed by atoms with Gasteiger partial charge in [0.2, 0.25) is 0 Å². The Morgan fingerprint density at radius 2 is 1.29 bits per heavy atom. The molecule has 0 saturated carbocycles. The lowest BCUT2D eigenvalue weighted by molar-refractivity contribution is -0.119. The number of ether oxygens (including phenoxy) is 5. The van der Waals surface area contributed by atoms with Crippen LogP contribution in [0, 0.1) is 0 Å². The smallest absolute Gasteiger partial charge is 0.136 e. The van der Waals surface area contributed by atoms with Crippen LogP contribution in [-0.4, -0.2) is 72.8 Å². The van der Waals surface area contributed by atoms with Crippen LogP contribution >= 0.6 is 15.9 Å². The molecule has 0 amide bonds. The number of Topliss-reactive ketones (excluding diaryl/α,β-unsaturated/α-hetero) is 1. The Bertz CT molecular complexity index is 1330. The molecule has 0 bridgehead atoms. The van der Waals surface area contributed by atoms with E-state index in [-0.39, 0.29) is 11.2 Å². The van der Waals surface area contributed by atoms with Crippen LogP contribution in [0.4, 0.5) is 0 Å². The topological polar surface area (TPSA) is 89.2 Å². The molecule has 2 N–H and O–H groups in total. The van der Waals surface area contributed by atoms with Crippen molar-refractivity contribution in [3.05, 3.63) is 76.3 Å². The van der Waals surface area contributed by atoms with E-state index in [2.05, 4.69) is 64.5 Å². The van der Waals surface area contributed by atoms with Gasteiger partial charge < -0.3 is 29.4 Å². The highest BCUT2D eigenvalue weighted by atomic mass is 79.9. The van der Waals surface area contributed by atoms with Crippen molar-refractivity contribution in [3.63, 3.8) is 0 Å². The second-order valence-corrected chi connectivity index (χ2v) is 12.4. The summed E-state index contributed by atoms with van der Waals surface area (Å²) in [7, 11) is 3.40. The van der Waals surface area contributed by atoms with E-state index in [1.807, 2.05) is 12.1 Å².